The molecule has 21 heavy (non-hydrogen) atoms. The van der Waals surface area contributed by atoms with Gasteiger partial charge in [-0.1, -0.05) is 11.6 Å². The topological polar surface area (TPSA) is 55.8 Å². The zero-order valence-electron chi connectivity index (χ0n) is 12.0. The number of hydrogen-bond donors (Lipinski definition) is 1. The van der Waals surface area contributed by atoms with Crippen LogP contribution >= 0.6 is 11.6 Å². The summed E-state index contributed by atoms with van der Waals surface area (Å²) >= 11 is 6.18. The van der Waals surface area contributed by atoms with Crippen molar-refractivity contribution in [3.8, 4) is 11.5 Å². The number of hydrogen-bond acceptors (Lipinski definition) is 3. The first-order valence-electron chi connectivity index (χ1n) is 7.34. The predicted molar refractivity (Wildman–Crippen MR) is 79.4 cm³/mol. The molecule has 0 heterocycles. The molecule has 0 bridgehead atoms. The summed E-state index contributed by atoms with van der Waals surface area (Å²) < 4.78 is 11.4. The molecule has 2 fully saturated rings. The third kappa shape index (κ3) is 3.43. The molecule has 0 aliphatic heterocycles. The van der Waals surface area contributed by atoms with Gasteiger partial charge in [-0.25, -0.2) is 0 Å². The predicted octanol–water partition coefficient (Wildman–Crippen LogP) is 3.86. The van der Waals surface area contributed by atoms with E-state index in [2.05, 4.69) is 0 Å². The second kappa shape index (κ2) is 5.76. The van der Waals surface area contributed by atoms with Crippen LogP contribution in [0.1, 0.15) is 43.6 Å². The lowest BCUT2D eigenvalue weighted by Crippen LogP contribution is -2.12. The van der Waals surface area contributed by atoms with E-state index in [0.29, 0.717) is 22.4 Å². The second-order valence-electron chi connectivity index (χ2n) is 5.89. The molecule has 1 aromatic rings. The highest BCUT2D eigenvalue weighted by Crippen LogP contribution is 2.50. The van der Waals surface area contributed by atoms with E-state index < -0.39 is 5.97 Å². The number of ether oxygens (including phenoxy) is 2. The molecule has 0 amide bonds. The Kier molecular flexibility index (Phi) is 3.98. The minimum absolute atomic E-state index is 0.0520. The standard InChI is InChI=1S/C16H19ClO4/c1-20-14-7-10(17)6-13(16(14)21-11-4-5-11)12(8-15(18)19)9-2-3-9/h6-7,9,11-12H,2-5,8H2,1H3,(H,18,19). The van der Waals surface area contributed by atoms with E-state index in [9.17, 15) is 9.90 Å². The summed E-state index contributed by atoms with van der Waals surface area (Å²) in [6.07, 6.45) is 4.54. The van der Waals surface area contributed by atoms with Crippen LogP contribution in [0.3, 0.4) is 0 Å². The number of benzene rings is 1. The van der Waals surface area contributed by atoms with Crippen LogP contribution in [0, 0.1) is 5.92 Å². The van der Waals surface area contributed by atoms with Gasteiger partial charge >= 0.3 is 5.97 Å². The third-order valence-electron chi connectivity index (χ3n) is 4.06. The van der Waals surface area contributed by atoms with Crippen LogP contribution in [0.15, 0.2) is 12.1 Å². The maximum atomic E-state index is 11.2. The van der Waals surface area contributed by atoms with Crippen molar-refractivity contribution in [3.63, 3.8) is 0 Å². The first-order valence-corrected chi connectivity index (χ1v) is 7.72. The fourth-order valence-corrected chi connectivity index (χ4v) is 2.93. The molecule has 3 rings (SSSR count). The molecule has 1 unspecified atom stereocenters. The summed E-state index contributed by atoms with van der Waals surface area (Å²) in [4.78, 5) is 11.2. The van der Waals surface area contributed by atoms with Gasteiger partial charge in [-0.05, 0) is 37.7 Å². The molecule has 2 aliphatic carbocycles. The van der Waals surface area contributed by atoms with Crippen LogP contribution in [0.5, 0.6) is 11.5 Å². The molecule has 2 aliphatic rings. The Morgan fingerprint density at radius 1 is 1.38 bits per heavy atom. The quantitative estimate of drug-likeness (QED) is 0.831. The Hall–Kier alpha value is -1.42. The summed E-state index contributed by atoms with van der Waals surface area (Å²) in [5.74, 6) is 0.848. The van der Waals surface area contributed by atoms with Gasteiger partial charge in [0.25, 0.3) is 0 Å². The first-order chi connectivity index (χ1) is 10.1. The van der Waals surface area contributed by atoms with E-state index >= 15 is 0 Å². The zero-order chi connectivity index (χ0) is 15.0. The Morgan fingerprint density at radius 2 is 2.10 bits per heavy atom. The highest BCUT2D eigenvalue weighted by molar-refractivity contribution is 6.30. The van der Waals surface area contributed by atoms with Crippen LogP contribution in [-0.4, -0.2) is 24.3 Å². The van der Waals surface area contributed by atoms with Crippen molar-refractivity contribution in [2.24, 2.45) is 5.92 Å². The Morgan fingerprint density at radius 3 is 2.62 bits per heavy atom. The number of aliphatic carboxylic acids is 1. The van der Waals surface area contributed by atoms with Crippen LogP contribution in [0.4, 0.5) is 0 Å². The lowest BCUT2D eigenvalue weighted by atomic mass is 9.90. The molecule has 5 heteroatoms. The third-order valence-corrected chi connectivity index (χ3v) is 4.28. The SMILES string of the molecule is COc1cc(Cl)cc(C(CC(=O)O)C2CC2)c1OC1CC1. The Labute approximate surface area is 129 Å². The molecular formula is C16H19ClO4. The maximum Gasteiger partial charge on any atom is 0.303 e. The van der Waals surface area contributed by atoms with Crippen molar-refractivity contribution in [2.75, 3.05) is 7.11 Å². The van der Waals surface area contributed by atoms with Gasteiger partial charge < -0.3 is 14.6 Å². The number of methoxy groups -OCH3 is 1. The van der Waals surface area contributed by atoms with Gasteiger partial charge in [-0.2, -0.15) is 0 Å². The fourth-order valence-electron chi connectivity index (χ4n) is 2.71. The monoisotopic (exact) mass is 310 g/mol. The van der Waals surface area contributed by atoms with E-state index in [0.717, 1.165) is 31.2 Å². The highest BCUT2D eigenvalue weighted by Gasteiger charge is 2.37. The summed E-state index contributed by atoms with van der Waals surface area (Å²) in [5.41, 5.74) is 0.885. The van der Waals surface area contributed by atoms with E-state index in [1.54, 1.807) is 13.2 Å². The van der Waals surface area contributed by atoms with Crippen molar-refractivity contribution in [1.29, 1.82) is 0 Å². The lowest BCUT2D eigenvalue weighted by molar-refractivity contribution is -0.137. The number of carboxylic acid groups (broad SMARTS) is 1. The molecule has 1 N–H and O–H groups in total. The van der Waals surface area contributed by atoms with Gasteiger partial charge in [-0.3, -0.25) is 4.79 Å². The van der Waals surface area contributed by atoms with Gasteiger partial charge in [-0.15, -0.1) is 0 Å². The second-order valence-corrected chi connectivity index (χ2v) is 6.32. The zero-order valence-corrected chi connectivity index (χ0v) is 12.7. The number of carboxylic acids is 1. The van der Waals surface area contributed by atoms with Gasteiger partial charge in [0, 0.05) is 22.6 Å². The molecule has 0 saturated heterocycles. The Balaban J connectivity index is 2.00. The minimum atomic E-state index is -0.789. The summed E-state index contributed by atoms with van der Waals surface area (Å²) in [6, 6.07) is 3.57. The van der Waals surface area contributed by atoms with Crippen molar-refractivity contribution < 1.29 is 19.4 Å². The first kappa shape index (κ1) is 14.5. The van der Waals surface area contributed by atoms with Crippen molar-refractivity contribution >= 4 is 17.6 Å². The molecule has 4 nitrogen and oxygen atoms in total. The van der Waals surface area contributed by atoms with E-state index in [1.807, 2.05) is 6.07 Å². The average Bonchev–Trinajstić information content (AvgIpc) is 3.30. The van der Waals surface area contributed by atoms with Crippen molar-refractivity contribution in [3.05, 3.63) is 22.7 Å². The van der Waals surface area contributed by atoms with Crippen LogP contribution in [-0.2, 0) is 4.79 Å². The molecule has 114 valence electrons. The Bertz CT molecular complexity index is 549. The summed E-state index contributed by atoms with van der Waals surface area (Å²) in [7, 11) is 1.58. The van der Waals surface area contributed by atoms with Gasteiger partial charge in [0.1, 0.15) is 0 Å². The fraction of sp³-hybridized carbons (Fsp3) is 0.562. The number of carbonyl (C=O) groups is 1. The van der Waals surface area contributed by atoms with E-state index in [1.165, 1.54) is 0 Å². The molecule has 2 saturated carbocycles. The molecule has 1 aromatic carbocycles. The molecular weight excluding hydrogens is 292 g/mol. The maximum absolute atomic E-state index is 11.2. The lowest BCUT2D eigenvalue weighted by Gasteiger charge is -2.21. The van der Waals surface area contributed by atoms with Gasteiger partial charge in [0.15, 0.2) is 11.5 Å². The van der Waals surface area contributed by atoms with E-state index in [4.69, 9.17) is 21.1 Å². The number of rotatable bonds is 7. The van der Waals surface area contributed by atoms with Gasteiger partial charge in [0.05, 0.1) is 19.6 Å². The number of halogens is 1. The van der Waals surface area contributed by atoms with Crippen LogP contribution in [0.2, 0.25) is 5.02 Å². The van der Waals surface area contributed by atoms with Crippen molar-refractivity contribution in [1.82, 2.24) is 0 Å². The van der Waals surface area contributed by atoms with Crippen LogP contribution in [0.25, 0.3) is 0 Å². The van der Waals surface area contributed by atoms with E-state index in [-0.39, 0.29) is 18.4 Å². The summed E-state index contributed by atoms with van der Waals surface area (Å²) in [6.45, 7) is 0. The summed E-state index contributed by atoms with van der Waals surface area (Å²) in [5, 5.41) is 9.75. The normalized spacial score (nSPS) is 19.1. The molecule has 0 aromatic heterocycles. The highest BCUT2D eigenvalue weighted by atomic mass is 35.5. The molecule has 0 radical (unpaired) electrons. The van der Waals surface area contributed by atoms with Crippen LogP contribution < -0.4 is 9.47 Å². The molecule has 1 atom stereocenters. The minimum Gasteiger partial charge on any atom is -0.493 e. The van der Waals surface area contributed by atoms with Crippen molar-refractivity contribution in [2.45, 2.75) is 44.1 Å². The largest absolute Gasteiger partial charge is 0.493 e. The average molecular weight is 311 g/mol. The smallest absolute Gasteiger partial charge is 0.303 e. The molecule has 0 spiro atoms. The van der Waals surface area contributed by atoms with Gasteiger partial charge in [0.2, 0.25) is 0 Å².